The van der Waals surface area contributed by atoms with E-state index in [4.69, 9.17) is 4.42 Å². The number of thioether (sulfide) groups is 1. The van der Waals surface area contributed by atoms with Crippen molar-refractivity contribution in [2.75, 3.05) is 6.54 Å². The molecule has 0 radical (unpaired) electrons. The highest BCUT2D eigenvalue weighted by Crippen LogP contribution is 2.33. The molecule has 1 amide bonds. The van der Waals surface area contributed by atoms with E-state index < -0.39 is 6.10 Å². The van der Waals surface area contributed by atoms with Crippen LogP contribution in [0.4, 0.5) is 0 Å². The van der Waals surface area contributed by atoms with Crippen molar-refractivity contribution in [3.05, 3.63) is 82.6 Å². The molecule has 1 atom stereocenters. The van der Waals surface area contributed by atoms with Crippen LogP contribution in [0.3, 0.4) is 0 Å². The predicted octanol–water partition coefficient (Wildman–Crippen LogP) is 4.95. The van der Waals surface area contributed by atoms with Crippen molar-refractivity contribution in [3.63, 3.8) is 0 Å². The molecule has 0 spiro atoms. The number of carbonyl (C=O) groups excluding carboxylic acids is 1. The fraction of sp³-hybridized carbons (Fsp3) is 0.182. The number of amides is 1. The van der Waals surface area contributed by atoms with E-state index in [1.54, 1.807) is 23.1 Å². The highest BCUT2D eigenvalue weighted by atomic mass is 32.2. The Morgan fingerprint density at radius 1 is 1.21 bits per heavy atom. The first-order chi connectivity index (χ1) is 14.1. The van der Waals surface area contributed by atoms with Crippen molar-refractivity contribution in [2.45, 2.75) is 23.1 Å². The Morgan fingerprint density at radius 3 is 2.72 bits per heavy atom. The van der Waals surface area contributed by atoms with E-state index in [9.17, 15) is 9.90 Å². The second-order valence-electron chi connectivity index (χ2n) is 6.59. The molecular weight excluding hydrogens is 404 g/mol. The summed E-state index contributed by atoms with van der Waals surface area (Å²) in [7, 11) is 0. The number of aliphatic hydroxyl groups is 1. The Hall–Kier alpha value is -2.61. The molecule has 2 aromatic heterocycles. The average molecular weight is 425 g/mol. The molecule has 1 unspecified atom stereocenters. The van der Waals surface area contributed by atoms with E-state index in [0.717, 1.165) is 26.5 Å². The Balaban J connectivity index is 1.53. The molecule has 5 nitrogen and oxygen atoms in total. The van der Waals surface area contributed by atoms with Gasteiger partial charge in [-0.1, -0.05) is 60.3 Å². The minimum atomic E-state index is -0.777. The molecule has 4 rings (SSSR count). The van der Waals surface area contributed by atoms with Gasteiger partial charge in [-0.05, 0) is 18.6 Å². The zero-order valence-electron chi connectivity index (χ0n) is 15.8. The van der Waals surface area contributed by atoms with Crippen LogP contribution in [0.5, 0.6) is 0 Å². The summed E-state index contributed by atoms with van der Waals surface area (Å²) in [5.41, 5.74) is 3.26. The third kappa shape index (κ3) is 4.53. The number of hydrogen-bond acceptors (Lipinski definition) is 6. The molecule has 0 saturated heterocycles. The van der Waals surface area contributed by atoms with E-state index >= 15 is 0 Å². The third-order valence-electron chi connectivity index (χ3n) is 4.48. The summed E-state index contributed by atoms with van der Waals surface area (Å²) in [6.07, 6.45) is -0.777. The number of carbonyl (C=O) groups is 1. The number of aliphatic hydroxyl groups excluding tert-OH is 1. The van der Waals surface area contributed by atoms with Crippen LogP contribution in [-0.2, 0) is 5.75 Å². The molecular formula is C22H20N2O3S2. The molecule has 0 saturated carbocycles. The van der Waals surface area contributed by atoms with Gasteiger partial charge in [0.25, 0.3) is 5.91 Å². The minimum Gasteiger partial charge on any atom is -0.451 e. The number of aromatic nitrogens is 1. The molecule has 0 fully saturated rings. The zero-order valence-corrected chi connectivity index (χ0v) is 17.4. The second-order valence-corrected chi connectivity index (χ2v) is 8.67. The van der Waals surface area contributed by atoms with Gasteiger partial charge >= 0.3 is 0 Å². The van der Waals surface area contributed by atoms with Crippen LogP contribution in [0.25, 0.3) is 11.0 Å². The molecule has 0 aliphatic carbocycles. The summed E-state index contributed by atoms with van der Waals surface area (Å²) in [6, 6.07) is 16.9. The summed E-state index contributed by atoms with van der Waals surface area (Å²) in [4.78, 5) is 17.3. The maximum Gasteiger partial charge on any atom is 0.287 e. The maximum absolute atomic E-state index is 12.8. The van der Waals surface area contributed by atoms with Gasteiger partial charge in [0.05, 0.1) is 6.10 Å². The van der Waals surface area contributed by atoms with Gasteiger partial charge in [-0.3, -0.25) is 4.79 Å². The molecule has 29 heavy (non-hydrogen) atoms. The standard InChI is InChI=1S/C22H20N2O3S2/c1-14-12-28-22(24-14)29-13-17-16-9-5-6-10-19(16)27-20(17)21(26)23-11-18(25)15-7-3-2-4-8-15/h2-10,12,18,25H,11,13H2,1H3,(H,23,26). The van der Waals surface area contributed by atoms with Crippen molar-refractivity contribution < 1.29 is 14.3 Å². The van der Waals surface area contributed by atoms with E-state index in [-0.39, 0.29) is 18.2 Å². The van der Waals surface area contributed by atoms with Gasteiger partial charge in [-0.25, -0.2) is 4.98 Å². The third-order valence-corrected chi connectivity index (χ3v) is 6.65. The molecule has 4 aromatic rings. The van der Waals surface area contributed by atoms with Gasteiger partial charge in [-0.15, -0.1) is 11.3 Å². The molecule has 2 heterocycles. The number of nitrogens with zero attached hydrogens (tertiary/aromatic N) is 1. The van der Waals surface area contributed by atoms with Crippen LogP contribution >= 0.6 is 23.1 Å². The Morgan fingerprint density at radius 2 is 1.97 bits per heavy atom. The van der Waals surface area contributed by atoms with Crippen LogP contribution in [0, 0.1) is 6.92 Å². The van der Waals surface area contributed by atoms with Gasteiger partial charge < -0.3 is 14.8 Å². The predicted molar refractivity (Wildman–Crippen MR) is 116 cm³/mol. The minimum absolute atomic E-state index is 0.109. The van der Waals surface area contributed by atoms with Gasteiger partial charge in [0.2, 0.25) is 0 Å². The molecule has 0 aliphatic rings. The Kier molecular flexibility index (Phi) is 5.99. The maximum atomic E-state index is 12.8. The van der Waals surface area contributed by atoms with Crippen LogP contribution in [0.15, 0.2) is 68.7 Å². The summed E-state index contributed by atoms with van der Waals surface area (Å²) >= 11 is 3.18. The van der Waals surface area contributed by atoms with E-state index in [0.29, 0.717) is 11.3 Å². The number of aryl methyl sites for hydroxylation is 1. The first kappa shape index (κ1) is 19.7. The Bertz CT molecular complexity index is 1120. The number of hydrogen-bond donors (Lipinski definition) is 2. The first-order valence-electron chi connectivity index (χ1n) is 9.18. The normalized spacial score (nSPS) is 12.2. The van der Waals surface area contributed by atoms with Gasteiger partial charge in [0, 0.05) is 34.3 Å². The van der Waals surface area contributed by atoms with Crippen molar-refractivity contribution >= 4 is 40.0 Å². The Labute approximate surface area is 176 Å². The van der Waals surface area contributed by atoms with Crippen LogP contribution in [0.2, 0.25) is 0 Å². The average Bonchev–Trinajstić information content (AvgIpc) is 3.34. The van der Waals surface area contributed by atoms with E-state index in [1.165, 1.54) is 0 Å². The summed E-state index contributed by atoms with van der Waals surface area (Å²) in [5.74, 6) is 0.530. The number of nitrogens with one attached hydrogen (secondary N) is 1. The van der Waals surface area contributed by atoms with Crippen molar-refractivity contribution in [2.24, 2.45) is 0 Å². The van der Waals surface area contributed by atoms with Gasteiger partial charge in [0.15, 0.2) is 5.76 Å². The molecule has 0 bridgehead atoms. The quantitative estimate of drug-likeness (QED) is 0.411. The number of fused-ring (bicyclic) bond motifs is 1. The highest BCUT2D eigenvalue weighted by molar-refractivity contribution is 8.00. The van der Waals surface area contributed by atoms with Crippen molar-refractivity contribution in [1.29, 1.82) is 0 Å². The number of benzene rings is 2. The van der Waals surface area contributed by atoms with Crippen molar-refractivity contribution in [1.82, 2.24) is 10.3 Å². The monoisotopic (exact) mass is 424 g/mol. The highest BCUT2D eigenvalue weighted by Gasteiger charge is 2.21. The summed E-state index contributed by atoms with van der Waals surface area (Å²) in [6.45, 7) is 2.07. The number of rotatable bonds is 7. The lowest BCUT2D eigenvalue weighted by atomic mass is 10.1. The lowest BCUT2D eigenvalue weighted by Crippen LogP contribution is -2.28. The zero-order chi connectivity index (χ0) is 20.2. The SMILES string of the molecule is Cc1csc(SCc2c(C(=O)NCC(O)c3ccccc3)oc3ccccc23)n1. The molecule has 2 aromatic carbocycles. The van der Waals surface area contributed by atoms with Crippen LogP contribution in [-0.4, -0.2) is 22.5 Å². The van der Waals surface area contributed by atoms with Gasteiger partial charge in [-0.2, -0.15) is 0 Å². The number of furan rings is 1. The molecule has 2 N–H and O–H groups in total. The smallest absolute Gasteiger partial charge is 0.287 e. The lowest BCUT2D eigenvalue weighted by Gasteiger charge is -2.12. The van der Waals surface area contributed by atoms with E-state index in [2.05, 4.69) is 10.3 Å². The summed E-state index contributed by atoms with van der Waals surface area (Å²) in [5, 5.41) is 16.0. The topological polar surface area (TPSA) is 75.4 Å². The molecule has 0 aliphatic heterocycles. The summed E-state index contributed by atoms with van der Waals surface area (Å²) < 4.78 is 6.83. The van der Waals surface area contributed by atoms with Gasteiger partial charge in [0.1, 0.15) is 9.92 Å². The second kappa shape index (κ2) is 8.82. The lowest BCUT2D eigenvalue weighted by molar-refractivity contribution is 0.0890. The molecule has 148 valence electrons. The number of thiazole rings is 1. The van der Waals surface area contributed by atoms with E-state index in [1.807, 2.05) is 66.9 Å². The first-order valence-corrected chi connectivity index (χ1v) is 11.0. The molecule has 7 heteroatoms. The van der Waals surface area contributed by atoms with Crippen LogP contribution in [0.1, 0.15) is 33.5 Å². The van der Waals surface area contributed by atoms with Crippen molar-refractivity contribution in [3.8, 4) is 0 Å². The fourth-order valence-corrected chi connectivity index (χ4v) is 4.90. The fourth-order valence-electron chi connectivity index (χ4n) is 3.02. The van der Waals surface area contributed by atoms with Crippen LogP contribution < -0.4 is 5.32 Å². The number of para-hydroxylation sites is 1. The largest absolute Gasteiger partial charge is 0.451 e.